The fraction of sp³-hybridized carbons (Fsp3) is 0.400. The Balaban J connectivity index is 2.52. The van der Waals surface area contributed by atoms with Crippen LogP contribution in [0.1, 0.15) is 26.3 Å². The first kappa shape index (κ1) is 14.3. The SMILES string of the molecule is CCOC(=O)C=Cc1ccc(OCC(C)C)cc1. The summed E-state index contributed by atoms with van der Waals surface area (Å²) in [7, 11) is 0. The Morgan fingerprint density at radius 3 is 2.50 bits per heavy atom. The lowest BCUT2D eigenvalue weighted by atomic mass is 10.2. The summed E-state index contributed by atoms with van der Waals surface area (Å²) in [6.45, 7) is 7.10. The van der Waals surface area contributed by atoms with E-state index in [9.17, 15) is 4.79 Å². The summed E-state index contributed by atoms with van der Waals surface area (Å²) in [4.78, 5) is 11.1. The van der Waals surface area contributed by atoms with Gasteiger partial charge in [0.25, 0.3) is 0 Å². The lowest BCUT2D eigenvalue weighted by Gasteiger charge is -2.08. The van der Waals surface area contributed by atoms with Crippen LogP contribution in [-0.4, -0.2) is 19.2 Å². The summed E-state index contributed by atoms with van der Waals surface area (Å²) < 4.78 is 10.4. The molecule has 1 aromatic carbocycles. The Hall–Kier alpha value is -1.77. The van der Waals surface area contributed by atoms with E-state index in [1.807, 2.05) is 24.3 Å². The third kappa shape index (κ3) is 5.53. The average Bonchev–Trinajstić information content (AvgIpc) is 2.35. The molecule has 18 heavy (non-hydrogen) atoms. The highest BCUT2D eigenvalue weighted by atomic mass is 16.5. The molecule has 0 aliphatic rings. The Morgan fingerprint density at radius 1 is 1.28 bits per heavy atom. The largest absolute Gasteiger partial charge is 0.493 e. The zero-order valence-corrected chi connectivity index (χ0v) is 11.2. The van der Waals surface area contributed by atoms with Crippen molar-refractivity contribution in [3.05, 3.63) is 35.9 Å². The van der Waals surface area contributed by atoms with Crippen molar-refractivity contribution in [1.29, 1.82) is 0 Å². The molecular weight excluding hydrogens is 228 g/mol. The van der Waals surface area contributed by atoms with Gasteiger partial charge in [0.05, 0.1) is 13.2 Å². The number of hydrogen-bond acceptors (Lipinski definition) is 3. The Bertz CT molecular complexity index is 391. The van der Waals surface area contributed by atoms with E-state index in [2.05, 4.69) is 13.8 Å². The second-order valence-electron chi connectivity index (χ2n) is 4.36. The maximum Gasteiger partial charge on any atom is 0.330 e. The fourth-order valence-electron chi connectivity index (χ4n) is 1.29. The van der Waals surface area contributed by atoms with Crippen LogP contribution >= 0.6 is 0 Å². The molecule has 0 amide bonds. The summed E-state index contributed by atoms with van der Waals surface area (Å²) in [6, 6.07) is 7.61. The molecule has 0 aromatic heterocycles. The third-order valence-corrected chi connectivity index (χ3v) is 2.16. The van der Waals surface area contributed by atoms with Gasteiger partial charge in [0.1, 0.15) is 5.75 Å². The molecule has 0 heterocycles. The van der Waals surface area contributed by atoms with Crippen molar-refractivity contribution >= 4 is 12.0 Å². The molecule has 0 radical (unpaired) electrons. The number of rotatable bonds is 6. The number of ether oxygens (including phenoxy) is 2. The Labute approximate surface area is 108 Å². The van der Waals surface area contributed by atoms with Crippen LogP contribution in [-0.2, 0) is 9.53 Å². The van der Waals surface area contributed by atoms with Crippen molar-refractivity contribution in [1.82, 2.24) is 0 Å². The number of esters is 1. The van der Waals surface area contributed by atoms with Gasteiger partial charge in [-0.05, 0) is 36.6 Å². The summed E-state index contributed by atoms with van der Waals surface area (Å²) >= 11 is 0. The molecule has 0 bridgehead atoms. The highest BCUT2D eigenvalue weighted by Gasteiger charge is 1.97. The molecule has 1 aromatic rings. The molecule has 0 aliphatic carbocycles. The molecule has 0 saturated heterocycles. The van der Waals surface area contributed by atoms with Gasteiger partial charge in [0.15, 0.2) is 0 Å². The molecule has 0 fully saturated rings. The van der Waals surface area contributed by atoms with Crippen molar-refractivity contribution in [2.24, 2.45) is 5.92 Å². The van der Waals surface area contributed by atoms with E-state index in [-0.39, 0.29) is 5.97 Å². The minimum Gasteiger partial charge on any atom is -0.493 e. The average molecular weight is 248 g/mol. The summed E-state index contributed by atoms with van der Waals surface area (Å²) in [6.07, 6.45) is 3.15. The van der Waals surface area contributed by atoms with Gasteiger partial charge >= 0.3 is 5.97 Å². The number of hydrogen-bond donors (Lipinski definition) is 0. The van der Waals surface area contributed by atoms with Crippen molar-refractivity contribution in [2.75, 3.05) is 13.2 Å². The number of carbonyl (C=O) groups excluding carboxylic acids is 1. The van der Waals surface area contributed by atoms with Crippen LogP contribution in [0.4, 0.5) is 0 Å². The van der Waals surface area contributed by atoms with Crippen LogP contribution in [0.25, 0.3) is 6.08 Å². The van der Waals surface area contributed by atoms with Gasteiger partial charge in [0.2, 0.25) is 0 Å². The predicted octanol–water partition coefficient (Wildman–Crippen LogP) is 3.30. The quantitative estimate of drug-likeness (QED) is 0.572. The van der Waals surface area contributed by atoms with Crippen molar-refractivity contribution < 1.29 is 14.3 Å². The smallest absolute Gasteiger partial charge is 0.330 e. The summed E-state index contributed by atoms with van der Waals surface area (Å²) in [5.74, 6) is 1.03. The van der Waals surface area contributed by atoms with Crippen molar-refractivity contribution in [2.45, 2.75) is 20.8 Å². The molecule has 1 rings (SSSR count). The minimum absolute atomic E-state index is 0.322. The Kier molecular flexibility index (Phi) is 5.98. The zero-order valence-electron chi connectivity index (χ0n) is 11.2. The third-order valence-electron chi connectivity index (χ3n) is 2.16. The second-order valence-corrected chi connectivity index (χ2v) is 4.36. The van der Waals surface area contributed by atoms with E-state index in [1.165, 1.54) is 6.08 Å². The van der Waals surface area contributed by atoms with Crippen LogP contribution in [0.15, 0.2) is 30.3 Å². The standard InChI is InChI=1S/C15H20O3/c1-4-17-15(16)10-7-13-5-8-14(9-6-13)18-11-12(2)3/h5-10,12H,4,11H2,1-3H3. The normalized spacial score (nSPS) is 10.9. The molecular formula is C15H20O3. The van der Waals surface area contributed by atoms with Crippen molar-refractivity contribution in [3.8, 4) is 5.75 Å². The van der Waals surface area contributed by atoms with Crippen LogP contribution in [0, 0.1) is 5.92 Å². The van der Waals surface area contributed by atoms with Crippen molar-refractivity contribution in [3.63, 3.8) is 0 Å². The number of carbonyl (C=O) groups is 1. The molecule has 0 unspecified atom stereocenters. The predicted molar refractivity (Wildman–Crippen MR) is 72.4 cm³/mol. The summed E-state index contributed by atoms with van der Waals surface area (Å²) in [5.41, 5.74) is 0.944. The maximum atomic E-state index is 11.1. The van der Waals surface area contributed by atoms with E-state index < -0.39 is 0 Å². The van der Waals surface area contributed by atoms with Gasteiger partial charge < -0.3 is 9.47 Å². The highest BCUT2D eigenvalue weighted by Crippen LogP contribution is 2.14. The van der Waals surface area contributed by atoms with Crippen LogP contribution in [0.3, 0.4) is 0 Å². The van der Waals surface area contributed by atoms with Crippen LogP contribution in [0.2, 0.25) is 0 Å². The van der Waals surface area contributed by atoms with Gasteiger partial charge in [-0.15, -0.1) is 0 Å². The molecule has 0 aliphatic heterocycles. The molecule has 0 atom stereocenters. The lowest BCUT2D eigenvalue weighted by Crippen LogP contribution is -2.04. The molecule has 0 saturated carbocycles. The zero-order chi connectivity index (χ0) is 13.4. The van der Waals surface area contributed by atoms with E-state index >= 15 is 0 Å². The first-order valence-corrected chi connectivity index (χ1v) is 6.19. The minimum atomic E-state index is -0.322. The first-order chi connectivity index (χ1) is 8.61. The van der Waals surface area contributed by atoms with Gasteiger partial charge in [-0.3, -0.25) is 0 Å². The highest BCUT2D eigenvalue weighted by molar-refractivity contribution is 5.87. The van der Waals surface area contributed by atoms with Gasteiger partial charge in [0, 0.05) is 6.08 Å². The molecule has 3 heteroatoms. The van der Waals surface area contributed by atoms with E-state index in [0.717, 1.165) is 11.3 Å². The molecule has 3 nitrogen and oxygen atoms in total. The summed E-state index contributed by atoms with van der Waals surface area (Å²) in [5, 5.41) is 0. The van der Waals surface area contributed by atoms with Gasteiger partial charge in [-0.25, -0.2) is 4.79 Å². The molecule has 0 spiro atoms. The monoisotopic (exact) mass is 248 g/mol. The first-order valence-electron chi connectivity index (χ1n) is 6.19. The van der Waals surface area contributed by atoms with E-state index in [1.54, 1.807) is 13.0 Å². The number of benzene rings is 1. The van der Waals surface area contributed by atoms with E-state index in [0.29, 0.717) is 19.1 Å². The lowest BCUT2D eigenvalue weighted by molar-refractivity contribution is -0.137. The maximum absolute atomic E-state index is 11.1. The van der Waals surface area contributed by atoms with Crippen LogP contribution in [0.5, 0.6) is 5.75 Å². The Morgan fingerprint density at radius 2 is 1.94 bits per heavy atom. The van der Waals surface area contributed by atoms with E-state index in [4.69, 9.17) is 9.47 Å². The fourth-order valence-corrected chi connectivity index (χ4v) is 1.29. The topological polar surface area (TPSA) is 35.5 Å². The van der Waals surface area contributed by atoms with Gasteiger partial charge in [-0.2, -0.15) is 0 Å². The van der Waals surface area contributed by atoms with Gasteiger partial charge in [-0.1, -0.05) is 26.0 Å². The van der Waals surface area contributed by atoms with Crippen LogP contribution < -0.4 is 4.74 Å². The molecule has 0 N–H and O–H groups in total. The molecule has 98 valence electrons. The second kappa shape index (κ2) is 7.54.